The summed E-state index contributed by atoms with van der Waals surface area (Å²) < 4.78 is 12.4. The molecule has 13 heavy (non-hydrogen) atoms. The molecule has 70 valence electrons. The normalized spacial score (nSPS) is 9.69. The smallest absolute Gasteiger partial charge is 0.239 e. The maximum absolute atomic E-state index is 12.4. The lowest BCUT2D eigenvalue weighted by Gasteiger charge is -2.03. The minimum Gasteiger partial charge on any atom is -0.325 e. The van der Waals surface area contributed by atoms with Gasteiger partial charge in [-0.2, -0.15) is 0 Å². The van der Waals surface area contributed by atoms with E-state index in [-0.39, 0.29) is 18.3 Å². The lowest BCUT2D eigenvalue weighted by atomic mass is 10.3. The van der Waals surface area contributed by atoms with Crippen LogP contribution in [0.2, 0.25) is 0 Å². The summed E-state index contributed by atoms with van der Waals surface area (Å²) in [6, 6.07) is 5.49. The molecule has 0 saturated carbocycles. The first-order valence-electron chi connectivity index (χ1n) is 3.71. The molecule has 0 aliphatic rings. The van der Waals surface area contributed by atoms with Crippen LogP contribution < -0.4 is 16.6 Å². The van der Waals surface area contributed by atoms with E-state index in [1.165, 1.54) is 24.3 Å². The van der Waals surface area contributed by atoms with Crippen LogP contribution in [-0.4, -0.2) is 12.5 Å². The van der Waals surface area contributed by atoms with Crippen molar-refractivity contribution in [2.24, 2.45) is 5.84 Å². The van der Waals surface area contributed by atoms with Crippen molar-refractivity contribution in [3.8, 4) is 0 Å². The van der Waals surface area contributed by atoms with Gasteiger partial charge in [0.05, 0.1) is 6.54 Å². The summed E-state index contributed by atoms with van der Waals surface area (Å²) in [4.78, 5) is 11.0. The summed E-state index contributed by atoms with van der Waals surface area (Å²) >= 11 is 0. The highest BCUT2D eigenvalue weighted by Crippen LogP contribution is 2.07. The molecule has 0 saturated heterocycles. The van der Waals surface area contributed by atoms with Gasteiger partial charge in [-0.25, -0.2) is 4.39 Å². The Bertz CT molecular complexity index is 286. The Balaban J connectivity index is 2.54. The number of hydrogen-bond acceptors (Lipinski definition) is 3. The number of nitrogens with one attached hydrogen (secondary N) is 2. The van der Waals surface area contributed by atoms with Gasteiger partial charge in [0, 0.05) is 5.69 Å². The van der Waals surface area contributed by atoms with Crippen molar-refractivity contribution >= 4 is 11.6 Å². The molecular formula is C8H10FN3O. The molecule has 0 radical (unpaired) electrons. The SMILES string of the molecule is NNCC(=O)Nc1ccc(F)cc1. The van der Waals surface area contributed by atoms with E-state index >= 15 is 0 Å². The first-order chi connectivity index (χ1) is 6.22. The zero-order valence-electron chi connectivity index (χ0n) is 6.88. The summed E-state index contributed by atoms with van der Waals surface area (Å²) in [5.74, 6) is 4.33. The van der Waals surface area contributed by atoms with Crippen LogP contribution >= 0.6 is 0 Å². The molecule has 0 aliphatic heterocycles. The zero-order chi connectivity index (χ0) is 9.68. The van der Waals surface area contributed by atoms with Gasteiger partial charge < -0.3 is 5.32 Å². The molecule has 1 rings (SSSR count). The molecule has 4 N–H and O–H groups in total. The number of amides is 1. The van der Waals surface area contributed by atoms with Gasteiger partial charge in [0.25, 0.3) is 0 Å². The van der Waals surface area contributed by atoms with Gasteiger partial charge in [-0.1, -0.05) is 0 Å². The molecule has 4 nitrogen and oxygen atoms in total. The fourth-order valence-electron chi connectivity index (χ4n) is 0.831. The summed E-state index contributed by atoms with van der Waals surface area (Å²) in [5, 5.41) is 2.52. The summed E-state index contributed by atoms with van der Waals surface area (Å²) in [6.45, 7) is 0.0252. The molecular weight excluding hydrogens is 173 g/mol. The van der Waals surface area contributed by atoms with Crippen LogP contribution in [0.25, 0.3) is 0 Å². The van der Waals surface area contributed by atoms with Gasteiger partial charge in [-0.05, 0) is 24.3 Å². The number of hydrogen-bond donors (Lipinski definition) is 3. The molecule has 0 spiro atoms. The van der Waals surface area contributed by atoms with E-state index in [2.05, 4.69) is 10.7 Å². The van der Waals surface area contributed by atoms with E-state index in [9.17, 15) is 9.18 Å². The number of carbonyl (C=O) groups excluding carboxylic acids is 1. The minimum absolute atomic E-state index is 0.0252. The van der Waals surface area contributed by atoms with Crippen molar-refractivity contribution in [2.75, 3.05) is 11.9 Å². The van der Waals surface area contributed by atoms with Crippen LogP contribution in [0.15, 0.2) is 24.3 Å². The maximum atomic E-state index is 12.4. The largest absolute Gasteiger partial charge is 0.325 e. The van der Waals surface area contributed by atoms with Crippen molar-refractivity contribution in [3.63, 3.8) is 0 Å². The van der Waals surface area contributed by atoms with Crippen molar-refractivity contribution < 1.29 is 9.18 Å². The van der Waals surface area contributed by atoms with Crippen LogP contribution in [0, 0.1) is 5.82 Å². The minimum atomic E-state index is -0.338. The zero-order valence-corrected chi connectivity index (χ0v) is 6.88. The second-order valence-electron chi connectivity index (χ2n) is 2.44. The average Bonchev–Trinajstić information content (AvgIpc) is 2.09. The maximum Gasteiger partial charge on any atom is 0.239 e. The molecule has 0 fully saturated rings. The third kappa shape index (κ3) is 3.18. The first-order valence-corrected chi connectivity index (χ1v) is 3.71. The lowest BCUT2D eigenvalue weighted by molar-refractivity contribution is -0.115. The number of rotatable bonds is 3. The fourth-order valence-corrected chi connectivity index (χ4v) is 0.831. The van der Waals surface area contributed by atoms with Gasteiger partial charge in [0.1, 0.15) is 5.82 Å². The van der Waals surface area contributed by atoms with E-state index in [1.54, 1.807) is 0 Å². The Kier molecular flexibility index (Phi) is 3.36. The number of carbonyl (C=O) groups is 1. The van der Waals surface area contributed by atoms with E-state index in [0.717, 1.165) is 0 Å². The fraction of sp³-hybridized carbons (Fsp3) is 0.125. The van der Waals surface area contributed by atoms with Gasteiger partial charge in [-0.15, -0.1) is 0 Å². The van der Waals surface area contributed by atoms with Crippen molar-refractivity contribution in [2.45, 2.75) is 0 Å². The van der Waals surface area contributed by atoms with E-state index in [0.29, 0.717) is 5.69 Å². The average molecular weight is 183 g/mol. The van der Waals surface area contributed by atoms with Crippen molar-refractivity contribution in [1.29, 1.82) is 0 Å². The highest BCUT2D eigenvalue weighted by Gasteiger charge is 1.99. The van der Waals surface area contributed by atoms with E-state index < -0.39 is 0 Å². The molecule has 1 aromatic rings. The molecule has 0 aliphatic carbocycles. The summed E-state index contributed by atoms with van der Waals surface area (Å²) in [7, 11) is 0. The molecule has 0 unspecified atom stereocenters. The topological polar surface area (TPSA) is 67.1 Å². The Morgan fingerprint density at radius 2 is 2.00 bits per heavy atom. The second kappa shape index (κ2) is 4.54. The van der Waals surface area contributed by atoms with Gasteiger partial charge in [-0.3, -0.25) is 16.1 Å². The number of benzene rings is 1. The van der Waals surface area contributed by atoms with Crippen molar-refractivity contribution in [1.82, 2.24) is 5.43 Å². The van der Waals surface area contributed by atoms with E-state index in [1.807, 2.05) is 0 Å². The molecule has 5 heteroatoms. The predicted octanol–water partition coefficient (Wildman–Crippen LogP) is 0.227. The third-order valence-corrected chi connectivity index (χ3v) is 1.39. The molecule has 0 bridgehead atoms. The Morgan fingerprint density at radius 1 is 1.38 bits per heavy atom. The predicted molar refractivity (Wildman–Crippen MR) is 47.2 cm³/mol. The highest BCUT2D eigenvalue weighted by molar-refractivity contribution is 5.92. The molecule has 0 atom stereocenters. The molecule has 0 heterocycles. The van der Waals surface area contributed by atoms with E-state index in [4.69, 9.17) is 5.84 Å². The monoisotopic (exact) mass is 183 g/mol. The van der Waals surface area contributed by atoms with Gasteiger partial charge in [0.15, 0.2) is 0 Å². The third-order valence-electron chi connectivity index (χ3n) is 1.39. The number of hydrazine groups is 1. The highest BCUT2D eigenvalue weighted by atomic mass is 19.1. The summed E-state index contributed by atoms with van der Waals surface area (Å²) in [5.41, 5.74) is 2.76. The molecule has 1 amide bonds. The second-order valence-corrected chi connectivity index (χ2v) is 2.44. The Morgan fingerprint density at radius 3 is 2.54 bits per heavy atom. The lowest BCUT2D eigenvalue weighted by Crippen LogP contribution is -2.32. The Hall–Kier alpha value is -1.46. The number of nitrogens with two attached hydrogens (primary N) is 1. The standard InChI is InChI=1S/C8H10FN3O/c9-6-1-3-7(4-2-6)12-8(13)5-11-10/h1-4,11H,5,10H2,(H,12,13). The van der Waals surface area contributed by atoms with Crippen molar-refractivity contribution in [3.05, 3.63) is 30.1 Å². The number of anilines is 1. The van der Waals surface area contributed by atoms with Gasteiger partial charge >= 0.3 is 0 Å². The van der Waals surface area contributed by atoms with Gasteiger partial charge in [0.2, 0.25) is 5.91 Å². The van der Waals surface area contributed by atoms with Crippen LogP contribution in [0.3, 0.4) is 0 Å². The van der Waals surface area contributed by atoms with Crippen LogP contribution in [0.5, 0.6) is 0 Å². The summed E-state index contributed by atoms with van der Waals surface area (Å²) in [6.07, 6.45) is 0. The number of halogens is 1. The molecule has 1 aromatic carbocycles. The first kappa shape index (κ1) is 9.63. The van der Waals surface area contributed by atoms with Crippen LogP contribution in [-0.2, 0) is 4.79 Å². The van der Waals surface area contributed by atoms with Crippen LogP contribution in [0.4, 0.5) is 10.1 Å². The molecule has 0 aromatic heterocycles. The van der Waals surface area contributed by atoms with Crippen LogP contribution in [0.1, 0.15) is 0 Å². The quantitative estimate of drug-likeness (QED) is 0.464. The Labute approximate surface area is 74.9 Å².